The molecule has 2 N–H and O–H groups in total. The summed E-state index contributed by atoms with van der Waals surface area (Å²) in [5.74, 6) is -2.50. The second kappa shape index (κ2) is 6.07. The summed E-state index contributed by atoms with van der Waals surface area (Å²) in [6, 6.07) is 1.05. The van der Waals surface area contributed by atoms with Gasteiger partial charge in [0.25, 0.3) is 0 Å². The number of hydrogen-bond acceptors (Lipinski definition) is 2. The third kappa shape index (κ3) is 3.68. The van der Waals surface area contributed by atoms with Crippen molar-refractivity contribution < 1.29 is 23.5 Å². The van der Waals surface area contributed by atoms with Crippen LogP contribution in [0.4, 0.5) is 19.3 Å². The Hall–Kier alpha value is -2.18. The number of halogens is 2. The number of nitrogens with zero attached hydrogens (tertiary/aromatic N) is 1. The number of rotatable bonds is 2. The number of hydrogen-bond donors (Lipinski definition) is 2. The van der Waals surface area contributed by atoms with Gasteiger partial charge >= 0.3 is 12.0 Å². The van der Waals surface area contributed by atoms with E-state index in [9.17, 15) is 23.5 Å². The molecule has 0 aliphatic carbocycles. The minimum Gasteiger partial charge on any atom is -0.480 e. The van der Waals surface area contributed by atoms with E-state index in [0.29, 0.717) is 25.5 Å². The van der Waals surface area contributed by atoms with Gasteiger partial charge in [-0.25, -0.2) is 18.4 Å². The summed E-state index contributed by atoms with van der Waals surface area (Å²) in [4.78, 5) is 24.5. The number of carbonyl (C=O) groups is 2. The molecule has 2 atom stereocenters. The zero-order valence-corrected chi connectivity index (χ0v) is 11.5. The van der Waals surface area contributed by atoms with Gasteiger partial charge in [0, 0.05) is 18.3 Å². The molecule has 2 rings (SSSR count). The first-order valence-corrected chi connectivity index (χ1v) is 6.63. The van der Waals surface area contributed by atoms with E-state index in [1.807, 2.05) is 6.92 Å². The summed E-state index contributed by atoms with van der Waals surface area (Å²) in [6.45, 7) is 2.22. The van der Waals surface area contributed by atoms with Crippen LogP contribution in [0.25, 0.3) is 0 Å². The molecule has 0 saturated carbocycles. The van der Waals surface area contributed by atoms with Gasteiger partial charge in [-0.2, -0.15) is 0 Å². The van der Waals surface area contributed by atoms with Crippen molar-refractivity contribution in [3.05, 3.63) is 29.8 Å². The number of carbonyl (C=O) groups excluding carboxylic acids is 1. The Morgan fingerprint density at radius 1 is 1.29 bits per heavy atom. The van der Waals surface area contributed by atoms with Crippen LogP contribution in [0, 0.1) is 17.6 Å². The van der Waals surface area contributed by atoms with E-state index < -0.39 is 29.7 Å². The topological polar surface area (TPSA) is 69.6 Å². The number of benzene rings is 1. The Kier molecular flexibility index (Phi) is 4.40. The first-order valence-electron chi connectivity index (χ1n) is 6.63. The van der Waals surface area contributed by atoms with Gasteiger partial charge < -0.3 is 15.3 Å². The number of piperidine rings is 1. The Morgan fingerprint density at radius 3 is 2.48 bits per heavy atom. The molecule has 0 radical (unpaired) electrons. The summed E-state index contributed by atoms with van der Waals surface area (Å²) < 4.78 is 26.2. The van der Waals surface area contributed by atoms with E-state index in [1.165, 1.54) is 4.90 Å². The molecular formula is C14H16F2N2O3. The van der Waals surface area contributed by atoms with Crippen LogP contribution in [0.2, 0.25) is 0 Å². The fourth-order valence-corrected chi connectivity index (χ4v) is 2.44. The average Bonchev–Trinajstić information content (AvgIpc) is 2.36. The number of aliphatic carboxylic acids is 1. The van der Waals surface area contributed by atoms with E-state index in [1.54, 1.807) is 0 Å². The molecule has 1 heterocycles. The molecule has 1 saturated heterocycles. The van der Waals surface area contributed by atoms with Gasteiger partial charge in [0.05, 0.1) is 0 Å². The van der Waals surface area contributed by atoms with Crippen LogP contribution >= 0.6 is 0 Å². The summed E-state index contributed by atoms with van der Waals surface area (Å²) in [6.07, 6.45) is 1.05. The highest BCUT2D eigenvalue weighted by Gasteiger charge is 2.34. The Morgan fingerprint density at radius 2 is 1.90 bits per heavy atom. The predicted octanol–water partition coefficient (Wildman–Crippen LogP) is 2.68. The van der Waals surface area contributed by atoms with Crippen LogP contribution in [-0.2, 0) is 4.79 Å². The number of likely N-dealkylation sites (tertiary alicyclic amines) is 1. The molecule has 1 aliphatic heterocycles. The minimum absolute atomic E-state index is 0.0414. The number of anilines is 1. The molecule has 7 heteroatoms. The molecule has 1 aromatic rings. The third-order valence-electron chi connectivity index (χ3n) is 3.52. The molecule has 2 unspecified atom stereocenters. The van der Waals surface area contributed by atoms with E-state index in [4.69, 9.17) is 0 Å². The Bertz CT molecular complexity index is 545. The zero-order chi connectivity index (χ0) is 15.6. The molecule has 2 amide bonds. The van der Waals surface area contributed by atoms with Gasteiger partial charge in [-0.1, -0.05) is 6.92 Å². The Balaban J connectivity index is 2.12. The van der Waals surface area contributed by atoms with Crippen molar-refractivity contribution in [2.24, 2.45) is 5.92 Å². The normalized spacial score (nSPS) is 22.0. The molecule has 114 valence electrons. The SMILES string of the molecule is CC1CCN(C(=O)Nc2cc(F)cc(F)c2)C(C(=O)O)C1. The number of carboxylic acid groups (broad SMARTS) is 1. The van der Waals surface area contributed by atoms with Crippen LogP contribution in [0.15, 0.2) is 18.2 Å². The molecule has 1 fully saturated rings. The summed E-state index contributed by atoms with van der Waals surface area (Å²) in [5, 5.41) is 11.5. The van der Waals surface area contributed by atoms with Crippen molar-refractivity contribution in [3.63, 3.8) is 0 Å². The molecule has 0 aromatic heterocycles. The van der Waals surface area contributed by atoms with Crippen molar-refractivity contribution in [2.45, 2.75) is 25.8 Å². The first-order chi connectivity index (χ1) is 9.86. The summed E-state index contributed by atoms with van der Waals surface area (Å²) in [7, 11) is 0. The standard InChI is InChI=1S/C14H16F2N2O3/c1-8-2-3-18(12(4-8)13(19)20)14(21)17-11-6-9(15)5-10(16)7-11/h5-8,12H,2-4H2,1H3,(H,17,21)(H,19,20). The van der Waals surface area contributed by atoms with Gasteiger partial charge in [-0.15, -0.1) is 0 Å². The molecule has 1 aromatic carbocycles. The highest BCUT2D eigenvalue weighted by Crippen LogP contribution is 2.24. The maximum absolute atomic E-state index is 13.1. The fraction of sp³-hybridized carbons (Fsp3) is 0.429. The maximum Gasteiger partial charge on any atom is 0.326 e. The van der Waals surface area contributed by atoms with Crippen molar-refractivity contribution in [2.75, 3.05) is 11.9 Å². The van der Waals surface area contributed by atoms with Crippen molar-refractivity contribution >= 4 is 17.7 Å². The second-order valence-electron chi connectivity index (χ2n) is 5.27. The van der Waals surface area contributed by atoms with E-state index in [-0.39, 0.29) is 11.6 Å². The Labute approximate surface area is 120 Å². The minimum atomic E-state index is -1.08. The molecule has 0 bridgehead atoms. The largest absolute Gasteiger partial charge is 0.480 e. The third-order valence-corrected chi connectivity index (χ3v) is 3.52. The number of nitrogens with one attached hydrogen (secondary N) is 1. The van der Waals surface area contributed by atoms with Crippen molar-refractivity contribution in [1.82, 2.24) is 4.90 Å². The van der Waals surface area contributed by atoms with Crippen LogP contribution in [0.3, 0.4) is 0 Å². The smallest absolute Gasteiger partial charge is 0.326 e. The van der Waals surface area contributed by atoms with Crippen LogP contribution < -0.4 is 5.32 Å². The maximum atomic E-state index is 13.1. The lowest BCUT2D eigenvalue weighted by atomic mass is 9.93. The zero-order valence-electron chi connectivity index (χ0n) is 11.5. The molecule has 5 nitrogen and oxygen atoms in total. The number of carboxylic acids is 1. The van der Waals surface area contributed by atoms with Gasteiger partial charge in [0.2, 0.25) is 0 Å². The highest BCUT2D eigenvalue weighted by atomic mass is 19.1. The molecule has 1 aliphatic rings. The number of urea groups is 1. The van der Waals surface area contributed by atoms with Gasteiger partial charge in [0.1, 0.15) is 17.7 Å². The van der Waals surface area contributed by atoms with Crippen LogP contribution in [-0.4, -0.2) is 34.6 Å². The van der Waals surface area contributed by atoms with Crippen LogP contribution in [0.1, 0.15) is 19.8 Å². The van der Waals surface area contributed by atoms with Crippen LogP contribution in [0.5, 0.6) is 0 Å². The average molecular weight is 298 g/mol. The molecule has 0 spiro atoms. The summed E-state index contributed by atoms with van der Waals surface area (Å²) in [5.41, 5.74) is -0.0414. The van der Waals surface area contributed by atoms with Crippen molar-refractivity contribution in [3.8, 4) is 0 Å². The van der Waals surface area contributed by atoms with Gasteiger partial charge in [-0.3, -0.25) is 0 Å². The van der Waals surface area contributed by atoms with Crippen molar-refractivity contribution in [1.29, 1.82) is 0 Å². The van der Waals surface area contributed by atoms with E-state index >= 15 is 0 Å². The lowest BCUT2D eigenvalue weighted by Crippen LogP contribution is -2.51. The predicted molar refractivity (Wildman–Crippen MR) is 71.9 cm³/mol. The second-order valence-corrected chi connectivity index (χ2v) is 5.27. The first kappa shape index (κ1) is 15.2. The molecule has 21 heavy (non-hydrogen) atoms. The van der Waals surface area contributed by atoms with E-state index in [0.717, 1.165) is 12.1 Å². The summed E-state index contributed by atoms with van der Waals surface area (Å²) >= 11 is 0. The van der Waals surface area contributed by atoms with E-state index in [2.05, 4.69) is 5.32 Å². The fourth-order valence-electron chi connectivity index (χ4n) is 2.44. The monoisotopic (exact) mass is 298 g/mol. The lowest BCUT2D eigenvalue weighted by molar-refractivity contribution is -0.143. The lowest BCUT2D eigenvalue weighted by Gasteiger charge is -2.35. The quantitative estimate of drug-likeness (QED) is 0.882. The van der Waals surface area contributed by atoms with Gasteiger partial charge in [0.15, 0.2) is 0 Å². The highest BCUT2D eigenvalue weighted by molar-refractivity contribution is 5.92. The number of amides is 2. The van der Waals surface area contributed by atoms with Gasteiger partial charge in [-0.05, 0) is 30.9 Å². The molecular weight excluding hydrogens is 282 g/mol.